The van der Waals surface area contributed by atoms with Gasteiger partial charge in [0.1, 0.15) is 0 Å². The van der Waals surface area contributed by atoms with Crippen molar-refractivity contribution in [2.24, 2.45) is 10.2 Å². The first-order chi connectivity index (χ1) is 8.66. The summed E-state index contributed by atoms with van der Waals surface area (Å²) in [4.78, 5) is 0. The Morgan fingerprint density at radius 3 is 2.39 bits per heavy atom. The normalized spacial score (nSPS) is 12.8. The van der Waals surface area contributed by atoms with E-state index in [2.05, 4.69) is 47.8 Å². The molecule has 0 aliphatic heterocycles. The van der Waals surface area contributed by atoms with E-state index in [-0.39, 0.29) is 6.17 Å². The molecule has 0 aliphatic rings. The Kier molecular flexibility index (Phi) is 4.63. The van der Waals surface area contributed by atoms with Gasteiger partial charge in [-0.1, -0.05) is 46.3 Å². The van der Waals surface area contributed by atoms with E-state index in [4.69, 9.17) is 0 Å². The van der Waals surface area contributed by atoms with Crippen LogP contribution in [0, 0.1) is 0 Å². The molecule has 0 amide bonds. The number of azo groups is 1. The van der Waals surface area contributed by atoms with Crippen molar-refractivity contribution in [2.45, 2.75) is 6.17 Å². The molecule has 0 fully saturated rings. The minimum Gasteiger partial charge on any atom is -0.331 e. The maximum atomic E-state index is 4.22. The van der Waals surface area contributed by atoms with E-state index in [9.17, 15) is 0 Å². The van der Waals surface area contributed by atoms with Gasteiger partial charge >= 0.3 is 0 Å². The summed E-state index contributed by atoms with van der Waals surface area (Å²) in [7, 11) is 0. The molecule has 2 aromatic carbocycles. The van der Waals surface area contributed by atoms with Crippen LogP contribution < -0.4 is 5.73 Å². The van der Waals surface area contributed by atoms with Gasteiger partial charge in [-0.05, 0) is 34.1 Å². The first-order valence-corrected chi connectivity index (χ1v) is 6.99. The fourth-order valence-corrected chi connectivity index (χ4v) is 2.56. The molecule has 3 nitrogen and oxygen atoms in total. The summed E-state index contributed by atoms with van der Waals surface area (Å²) in [6, 6.07) is 15.7. The van der Waals surface area contributed by atoms with Crippen LogP contribution in [0.2, 0.25) is 0 Å². The van der Waals surface area contributed by atoms with Gasteiger partial charge in [-0.3, -0.25) is 0 Å². The van der Waals surface area contributed by atoms with Crippen LogP contribution in [-0.4, -0.2) is 0 Å². The molecule has 0 saturated heterocycles. The van der Waals surface area contributed by atoms with E-state index < -0.39 is 0 Å². The van der Waals surface area contributed by atoms with Crippen LogP contribution >= 0.6 is 31.9 Å². The van der Waals surface area contributed by atoms with Gasteiger partial charge in [0.25, 0.3) is 0 Å². The first kappa shape index (κ1) is 13.4. The van der Waals surface area contributed by atoms with Crippen LogP contribution in [0.4, 0.5) is 5.69 Å². The largest absolute Gasteiger partial charge is 0.331 e. The Morgan fingerprint density at radius 2 is 1.72 bits per heavy atom. The summed E-state index contributed by atoms with van der Waals surface area (Å²) in [6.45, 7) is 0. The Labute approximate surface area is 122 Å². The molecule has 0 saturated carbocycles. The SMILES string of the molecule is [NH3+][C@H](N=Nc1ccc(Br)cc1Br)c1ccccc1. The lowest BCUT2D eigenvalue weighted by molar-refractivity contribution is -0.425. The number of hydrogen-bond donors (Lipinski definition) is 1. The second-order valence-corrected chi connectivity index (χ2v) is 5.51. The van der Waals surface area contributed by atoms with Gasteiger partial charge in [-0.25, -0.2) is 0 Å². The fourth-order valence-electron chi connectivity index (χ4n) is 1.44. The monoisotopic (exact) mass is 368 g/mol. The van der Waals surface area contributed by atoms with E-state index in [0.29, 0.717) is 0 Å². The molecule has 3 N–H and O–H groups in total. The molecular weight excluding hydrogens is 358 g/mol. The van der Waals surface area contributed by atoms with Crippen molar-refractivity contribution in [2.75, 3.05) is 0 Å². The highest BCUT2D eigenvalue weighted by molar-refractivity contribution is 9.11. The predicted molar refractivity (Wildman–Crippen MR) is 78.4 cm³/mol. The molecule has 0 unspecified atom stereocenters. The molecule has 0 bridgehead atoms. The number of rotatable bonds is 3. The van der Waals surface area contributed by atoms with Crippen molar-refractivity contribution >= 4 is 37.5 Å². The number of benzene rings is 2. The number of quaternary nitrogens is 1. The van der Waals surface area contributed by atoms with Crippen molar-refractivity contribution in [1.82, 2.24) is 0 Å². The molecule has 0 aromatic heterocycles. The number of halogens is 2. The second-order valence-electron chi connectivity index (χ2n) is 3.74. The average molecular weight is 370 g/mol. The first-order valence-electron chi connectivity index (χ1n) is 5.41. The van der Waals surface area contributed by atoms with Crippen LogP contribution in [0.25, 0.3) is 0 Å². The third-order valence-electron chi connectivity index (χ3n) is 2.40. The van der Waals surface area contributed by atoms with E-state index in [1.807, 2.05) is 48.5 Å². The van der Waals surface area contributed by atoms with Crippen molar-refractivity contribution in [3.8, 4) is 0 Å². The molecule has 92 valence electrons. The highest BCUT2D eigenvalue weighted by atomic mass is 79.9. The van der Waals surface area contributed by atoms with Crippen LogP contribution in [0.5, 0.6) is 0 Å². The van der Waals surface area contributed by atoms with Gasteiger partial charge in [0, 0.05) is 14.5 Å². The Morgan fingerprint density at radius 1 is 1.00 bits per heavy atom. The highest BCUT2D eigenvalue weighted by Gasteiger charge is 2.06. The Hall–Kier alpha value is -1.04. The quantitative estimate of drug-likeness (QED) is 0.787. The van der Waals surface area contributed by atoms with Crippen molar-refractivity contribution in [1.29, 1.82) is 0 Å². The molecular formula is C13H12Br2N3+. The molecule has 0 aliphatic carbocycles. The van der Waals surface area contributed by atoms with E-state index in [1.54, 1.807) is 0 Å². The number of hydrogen-bond acceptors (Lipinski definition) is 2. The van der Waals surface area contributed by atoms with E-state index in [1.165, 1.54) is 0 Å². The van der Waals surface area contributed by atoms with Crippen molar-refractivity contribution < 1.29 is 5.73 Å². The minimum atomic E-state index is -0.193. The zero-order valence-electron chi connectivity index (χ0n) is 9.55. The lowest BCUT2D eigenvalue weighted by Gasteiger charge is -2.02. The fraction of sp³-hybridized carbons (Fsp3) is 0.0769. The average Bonchev–Trinajstić information content (AvgIpc) is 2.38. The van der Waals surface area contributed by atoms with Crippen LogP contribution in [0.3, 0.4) is 0 Å². The maximum Gasteiger partial charge on any atom is 0.223 e. The molecule has 0 radical (unpaired) electrons. The second kappa shape index (κ2) is 6.22. The number of nitrogens with zero attached hydrogens (tertiary/aromatic N) is 2. The standard InChI is InChI=1S/C13H11Br2N3/c14-10-6-7-12(11(15)8-10)17-18-13(16)9-4-2-1-3-5-9/h1-8,13H,16H2/p+1/t13-/m1/s1. The summed E-state index contributed by atoms with van der Waals surface area (Å²) < 4.78 is 1.91. The van der Waals surface area contributed by atoms with Gasteiger partial charge in [-0.2, -0.15) is 0 Å². The topological polar surface area (TPSA) is 52.4 Å². The molecule has 2 rings (SSSR count). The summed E-state index contributed by atoms with van der Waals surface area (Å²) in [5.41, 5.74) is 5.83. The molecule has 1 atom stereocenters. The Balaban J connectivity index is 2.16. The lowest BCUT2D eigenvalue weighted by Crippen LogP contribution is -2.52. The van der Waals surface area contributed by atoms with Crippen LogP contribution in [-0.2, 0) is 0 Å². The maximum absolute atomic E-state index is 4.22. The minimum absolute atomic E-state index is 0.193. The summed E-state index contributed by atoms with van der Waals surface area (Å²) in [6.07, 6.45) is -0.193. The Bertz CT molecular complexity index is 555. The smallest absolute Gasteiger partial charge is 0.223 e. The third kappa shape index (κ3) is 3.48. The van der Waals surface area contributed by atoms with Gasteiger partial charge in [0.05, 0.1) is 5.69 Å². The third-order valence-corrected chi connectivity index (χ3v) is 3.53. The van der Waals surface area contributed by atoms with Crippen molar-refractivity contribution in [3.05, 3.63) is 63.0 Å². The molecule has 2 aromatic rings. The van der Waals surface area contributed by atoms with Gasteiger partial charge < -0.3 is 5.73 Å². The van der Waals surface area contributed by atoms with Gasteiger partial charge in [0.15, 0.2) is 0 Å². The summed E-state index contributed by atoms with van der Waals surface area (Å²) in [5, 5.41) is 8.44. The van der Waals surface area contributed by atoms with Crippen LogP contribution in [0.15, 0.2) is 67.7 Å². The van der Waals surface area contributed by atoms with Crippen LogP contribution in [0.1, 0.15) is 11.7 Å². The van der Waals surface area contributed by atoms with E-state index in [0.717, 1.165) is 20.2 Å². The summed E-state index contributed by atoms with van der Waals surface area (Å²) >= 11 is 6.85. The zero-order valence-corrected chi connectivity index (χ0v) is 12.7. The highest BCUT2D eigenvalue weighted by Crippen LogP contribution is 2.29. The lowest BCUT2D eigenvalue weighted by atomic mass is 10.2. The van der Waals surface area contributed by atoms with Gasteiger partial charge in [0.2, 0.25) is 6.17 Å². The zero-order chi connectivity index (χ0) is 13.0. The van der Waals surface area contributed by atoms with Crippen molar-refractivity contribution in [3.63, 3.8) is 0 Å². The summed E-state index contributed by atoms with van der Waals surface area (Å²) in [5.74, 6) is 0. The molecule has 5 heteroatoms. The molecule has 0 spiro atoms. The van der Waals surface area contributed by atoms with E-state index >= 15 is 0 Å². The predicted octanol–water partition coefficient (Wildman–Crippen LogP) is 4.24. The van der Waals surface area contributed by atoms with Gasteiger partial charge in [-0.15, -0.1) is 10.2 Å². The molecule has 18 heavy (non-hydrogen) atoms. The molecule has 0 heterocycles.